The Morgan fingerprint density at radius 3 is 2.60 bits per heavy atom. The van der Waals surface area contributed by atoms with E-state index >= 15 is 0 Å². The van der Waals surface area contributed by atoms with Crippen molar-refractivity contribution in [3.8, 4) is 0 Å². The van der Waals surface area contributed by atoms with Crippen LogP contribution in [0.3, 0.4) is 0 Å². The van der Waals surface area contributed by atoms with Gasteiger partial charge in [0, 0.05) is 0 Å². The van der Waals surface area contributed by atoms with Gasteiger partial charge in [-0.1, -0.05) is 18.2 Å². The van der Waals surface area contributed by atoms with Crippen LogP contribution in [0.2, 0.25) is 0 Å². The molecular formula is C12H14N2O. The summed E-state index contributed by atoms with van der Waals surface area (Å²) in [6, 6.07) is 9.89. The predicted octanol–water partition coefficient (Wildman–Crippen LogP) is 2.09. The number of anilines is 1. The largest absolute Gasteiger partial charge is 0.302 e. The van der Waals surface area contributed by atoms with Crippen LogP contribution in [0.1, 0.15) is 13.8 Å². The molecule has 0 spiro atoms. The third-order valence-electron chi connectivity index (χ3n) is 2.89. The molecule has 3 nitrogen and oxygen atoms in total. The van der Waals surface area contributed by atoms with E-state index < -0.39 is 5.41 Å². The summed E-state index contributed by atoms with van der Waals surface area (Å²) in [4.78, 5) is 11.0. The molecule has 0 saturated carbocycles. The Kier molecular flexibility index (Phi) is 2.31. The van der Waals surface area contributed by atoms with Gasteiger partial charge in [0.25, 0.3) is 0 Å². The average molecular weight is 202 g/mol. The number of rotatable bonds is 2. The van der Waals surface area contributed by atoms with Crippen molar-refractivity contribution in [3.05, 3.63) is 30.3 Å². The molecule has 2 rings (SSSR count). The zero-order chi connectivity index (χ0) is 10.9. The highest BCUT2D eigenvalue weighted by molar-refractivity contribution is 6.02. The van der Waals surface area contributed by atoms with Gasteiger partial charge in [-0.05, 0) is 26.0 Å². The minimum atomic E-state index is -0.435. The van der Waals surface area contributed by atoms with Gasteiger partial charge in [-0.15, -0.1) is 0 Å². The summed E-state index contributed by atoms with van der Waals surface area (Å²) in [7, 11) is 0. The van der Waals surface area contributed by atoms with Gasteiger partial charge in [-0.25, -0.2) is 0 Å². The summed E-state index contributed by atoms with van der Waals surface area (Å²) in [5.74, 6) is 0. The molecule has 0 bridgehead atoms. The molecule has 1 heterocycles. The molecular weight excluding hydrogens is 188 g/mol. The first kappa shape index (κ1) is 9.90. The Morgan fingerprint density at radius 2 is 2.07 bits per heavy atom. The second-order valence-electron chi connectivity index (χ2n) is 4.11. The number of benzene rings is 1. The van der Waals surface area contributed by atoms with E-state index in [1.807, 2.05) is 49.2 Å². The van der Waals surface area contributed by atoms with Crippen molar-refractivity contribution in [2.75, 3.05) is 11.6 Å². The third-order valence-corrected chi connectivity index (χ3v) is 2.89. The van der Waals surface area contributed by atoms with E-state index in [1.54, 1.807) is 0 Å². The number of hydrogen-bond donors (Lipinski definition) is 0. The number of aldehydes is 1. The molecule has 0 saturated heterocycles. The quantitative estimate of drug-likeness (QED) is 0.688. The van der Waals surface area contributed by atoms with Crippen molar-refractivity contribution in [1.29, 1.82) is 0 Å². The van der Waals surface area contributed by atoms with Crippen LogP contribution in [0.15, 0.2) is 35.4 Å². The maximum absolute atomic E-state index is 11.0. The van der Waals surface area contributed by atoms with Gasteiger partial charge in [0.2, 0.25) is 0 Å². The van der Waals surface area contributed by atoms with Gasteiger partial charge >= 0.3 is 0 Å². The van der Waals surface area contributed by atoms with Gasteiger partial charge in [0.15, 0.2) is 0 Å². The number of carbonyl (C=O) groups is 1. The molecule has 3 heteroatoms. The molecule has 1 aromatic carbocycles. The lowest BCUT2D eigenvalue weighted by Gasteiger charge is -2.19. The summed E-state index contributed by atoms with van der Waals surface area (Å²) in [5, 5.41) is 6.28. The fourth-order valence-electron chi connectivity index (χ4n) is 1.63. The van der Waals surface area contributed by atoms with Gasteiger partial charge in [0.05, 0.1) is 23.4 Å². The highest BCUT2D eigenvalue weighted by Crippen LogP contribution is 2.28. The second-order valence-corrected chi connectivity index (χ2v) is 4.11. The molecule has 0 radical (unpaired) electrons. The van der Waals surface area contributed by atoms with E-state index in [9.17, 15) is 4.79 Å². The third kappa shape index (κ3) is 1.65. The highest BCUT2D eigenvalue weighted by Gasteiger charge is 2.36. The van der Waals surface area contributed by atoms with Crippen molar-refractivity contribution in [2.24, 2.45) is 10.5 Å². The Morgan fingerprint density at radius 1 is 1.40 bits per heavy atom. The summed E-state index contributed by atoms with van der Waals surface area (Å²) in [6.07, 6.45) is 0.981. The molecule has 15 heavy (non-hydrogen) atoms. The number of hydrazone groups is 1. The van der Waals surface area contributed by atoms with Gasteiger partial charge in [-0.2, -0.15) is 5.10 Å². The average Bonchev–Trinajstić information content (AvgIpc) is 2.58. The standard InChI is InChI=1S/C12H14N2O/c1-10-12(2,9-15)8-14(13-10)11-6-4-3-5-7-11/h3-7,9H,8H2,1-2H3. The second kappa shape index (κ2) is 3.50. The first-order valence-electron chi connectivity index (χ1n) is 5.00. The molecule has 78 valence electrons. The Bertz CT molecular complexity index is 399. The lowest BCUT2D eigenvalue weighted by atomic mass is 9.88. The van der Waals surface area contributed by atoms with Crippen LogP contribution in [0.5, 0.6) is 0 Å². The zero-order valence-corrected chi connectivity index (χ0v) is 8.97. The molecule has 0 N–H and O–H groups in total. The topological polar surface area (TPSA) is 32.7 Å². The van der Waals surface area contributed by atoms with Crippen LogP contribution in [-0.2, 0) is 4.79 Å². The Balaban J connectivity index is 2.28. The molecule has 1 aliphatic heterocycles. The van der Waals surface area contributed by atoms with Gasteiger partial charge < -0.3 is 4.79 Å². The minimum absolute atomic E-state index is 0.435. The molecule has 1 unspecified atom stereocenters. The van der Waals surface area contributed by atoms with Crippen molar-refractivity contribution in [3.63, 3.8) is 0 Å². The van der Waals surface area contributed by atoms with Crippen molar-refractivity contribution in [1.82, 2.24) is 0 Å². The fraction of sp³-hybridized carbons (Fsp3) is 0.333. The van der Waals surface area contributed by atoms with Gasteiger partial charge in [0.1, 0.15) is 6.29 Å². The fourth-order valence-corrected chi connectivity index (χ4v) is 1.63. The van der Waals surface area contributed by atoms with Crippen LogP contribution in [0, 0.1) is 5.41 Å². The smallest absolute Gasteiger partial charge is 0.133 e. The Labute approximate surface area is 89.4 Å². The molecule has 1 atom stereocenters. The van der Waals surface area contributed by atoms with E-state index in [2.05, 4.69) is 5.10 Å². The van der Waals surface area contributed by atoms with Crippen LogP contribution in [-0.4, -0.2) is 18.5 Å². The van der Waals surface area contributed by atoms with Crippen LogP contribution in [0.25, 0.3) is 0 Å². The van der Waals surface area contributed by atoms with Crippen LogP contribution >= 0.6 is 0 Å². The van der Waals surface area contributed by atoms with E-state index in [4.69, 9.17) is 0 Å². The van der Waals surface area contributed by atoms with Crippen molar-refractivity contribution >= 4 is 17.7 Å². The van der Waals surface area contributed by atoms with Crippen LogP contribution < -0.4 is 5.01 Å². The van der Waals surface area contributed by atoms with E-state index in [1.165, 1.54) is 0 Å². The summed E-state index contributed by atoms with van der Waals surface area (Å²) >= 11 is 0. The summed E-state index contributed by atoms with van der Waals surface area (Å²) in [6.45, 7) is 4.45. The number of hydrogen-bond acceptors (Lipinski definition) is 3. The Hall–Kier alpha value is -1.64. The van der Waals surface area contributed by atoms with E-state index in [0.717, 1.165) is 17.7 Å². The number of nitrogens with zero attached hydrogens (tertiary/aromatic N) is 2. The number of para-hydroxylation sites is 1. The molecule has 1 aliphatic rings. The van der Waals surface area contributed by atoms with Crippen molar-refractivity contribution < 1.29 is 4.79 Å². The SMILES string of the molecule is CC1=NN(c2ccccc2)CC1(C)C=O. The maximum atomic E-state index is 11.0. The normalized spacial score (nSPS) is 25.2. The zero-order valence-electron chi connectivity index (χ0n) is 8.97. The lowest BCUT2D eigenvalue weighted by Crippen LogP contribution is -2.31. The summed E-state index contributed by atoms with van der Waals surface area (Å²) in [5.41, 5.74) is 1.47. The van der Waals surface area contributed by atoms with Crippen LogP contribution in [0.4, 0.5) is 5.69 Å². The van der Waals surface area contributed by atoms with E-state index in [-0.39, 0.29) is 0 Å². The molecule has 0 aliphatic carbocycles. The lowest BCUT2D eigenvalue weighted by molar-refractivity contribution is -0.112. The van der Waals surface area contributed by atoms with Crippen molar-refractivity contribution in [2.45, 2.75) is 13.8 Å². The molecule has 0 aromatic heterocycles. The first-order chi connectivity index (χ1) is 7.15. The monoisotopic (exact) mass is 202 g/mol. The summed E-state index contributed by atoms with van der Waals surface area (Å²) < 4.78 is 0. The first-order valence-corrected chi connectivity index (χ1v) is 5.00. The minimum Gasteiger partial charge on any atom is -0.302 e. The maximum Gasteiger partial charge on any atom is 0.133 e. The highest BCUT2D eigenvalue weighted by atomic mass is 16.1. The molecule has 0 amide bonds. The predicted molar refractivity (Wildman–Crippen MR) is 61.1 cm³/mol. The van der Waals surface area contributed by atoms with E-state index in [0.29, 0.717) is 6.54 Å². The molecule has 0 fully saturated rings. The molecule has 1 aromatic rings. The van der Waals surface area contributed by atoms with Gasteiger partial charge in [-0.3, -0.25) is 5.01 Å². The number of carbonyl (C=O) groups excluding carboxylic acids is 1.